The van der Waals surface area contributed by atoms with E-state index in [9.17, 15) is 9.59 Å². The largest absolute Gasteiger partial charge is 0.478 e. The van der Waals surface area contributed by atoms with Crippen LogP contribution < -0.4 is 0 Å². The summed E-state index contributed by atoms with van der Waals surface area (Å²) >= 11 is 0. The molecule has 1 aliphatic rings. The van der Waals surface area contributed by atoms with Crippen molar-refractivity contribution in [1.82, 2.24) is 0 Å². The Hall–Kier alpha value is -1.32. The van der Waals surface area contributed by atoms with Crippen LogP contribution in [0, 0.1) is 5.41 Å². The molecule has 0 atom stereocenters. The molecule has 15 heavy (non-hydrogen) atoms. The van der Waals surface area contributed by atoms with E-state index in [4.69, 9.17) is 10.2 Å². The summed E-state index contributed by atoms with van der Waals surface area (Å²) in [6, 6.07) is 0. The average Bonchev–Trinajstić information content (AvgIpc) is 2.51. The molecule has 0 radical (unpaired) electrons. The Labute approximate surface area is 88.6 Å². The van der Waals surface area contributed by atoms with Gasteiger partial charge in [0, 0.05) is 11.0 Å². The third-order valence-corrected chi connectivity index (χ3v) is 3.22. The van der Waals surface area contributed by atoms with Gasteiger partial charge in [0.25, 0.3) is 0 Å². The van der Waals surface area contributed by atoms with Crippen molar-refractivity contribution >= 4 is 11.9 Å². The van der Waals surface area contributed by atoms with Gasteiger partial charge in [-0.1, -0.05) is 19.8 Å². The van der Waals surface area contributed by atoms with Crippen molar-refractivity contribution in [1.29, 1.82) is 0 Å². The highest BCUT2D eigenvalue weighted by Gasteiger charge is 2.38. The van der Waals surface area contributed by atoms with Gasteiger partial charge < -0.3 is 10.2 Å². The van der Waals surface area contributed by atoms with E-state index in [1.54, 1.807) is 0 Å². The van der Waals surface area contributed by atoms with Crippen LogP contribution in [0.1, 0.15) is 39.5 Å². The number of aliphatic carboxylic acids is 2. The van der Waals surface area contributed by atoms with Gasteiger partial charge in [0.1, 0.15) is 0 Å². The van der Waals surface area contributed by atoms with E-state index in [1.165, 1.54) is 6.92 Å². The highest BCUT2D eigenvalue weighted by atomic mass is 16.4. The SMILES string of the molecule is C/C(C(=O)O)=C(/C(=O)O)C1(C)CCCC1. The van der Waals surface area contributed by atoms with E-state index in [1.807, 2.05) is 6.92 Å². The molecule has 0 unspecified atom stereocenters. The van der Waals surface area contributed by atoms with Crippen molar-refractivity contribution in [2.45, 2.75) is 39.5 Å². The summed E-state index contributed by atoms with van der Waals surface area (Å²) in [5.74, 6) is -2.24. The van der Waals surface area contributed by atoms with Crippen LogP contribution >= 0.6 is 0 Å². The van der Waals surface area contributed by atoms with Crippen LogP contribution in [-0.4, -0.2) is 22.2 Å². The fourth-order valence-electron chi connectivity index (χ4n) is 2.38. The van der Waals surface area contributed by atoms with Crippen molar-refractivity contribution < 1.29 is 19.8 Å². The zero-order valence-corrected chi connectivity index (χ0v) is 9.04. The molecular weight excluding hydrogens is 196 g/mol. The number of hydrogen-bond donors (Lipinski definition) is 2. The Morgan fingerprint density at radius 2 is 1.53 bits per heavy atom. The quantitative estimate of drug-likeness (QED) is 0.702. The highest BCUT2D eigenvalue weighted by Crippen LogP contribution is 2.44. The molecule has 0 aromatic rings. The Morgan fingerprint density at radius 1 is 1.07 bits per heavy atom. The lowest BCUT2D eigenvalue weighted by molar-refractivity contribution is -0.136. The molecule has 1 fully saturated rings. The molecule has 0 aliphatic heterocycles. The fraction of sp³-hybridized carbons (Fsp3) is 0.636. The number of rotatable bonds is 3. The maximum Gasteiger partial charge on any atom is 0.332 e. The van der Waals surface area contributed by atoms with Gasteiger partial charge in [-0.05, 0) is 19.8 Å². The summed E-state index contributed by atoms with van der Waals surface area (Å²) in [7, 11) is 0. The molecule has 4 heteroatoms. The van der Waals surface area contributed by atoms with Crippen LogP contribution in [0.15, 0.2) is 11.1 Å². The van der Waals surface area contributed by atoms with E-state index in [2.05, 4.69) is 0 Å². The molecule has 0 spiro atoms. The van der Waals surface area contributed by atoms with Crippen molar-refractivity contribution in [2.75, 3.05) is 0 Å². The van der Waals surface area contributed by atoms with Crippen LogP contribution in [-0.2, 0) is 9.59 Å². The summed E-state index contributed by atoms with van der Waals surface area (Å²) < 4.78 is 0. The van der Waals surface area contributed by atoms with Gasteiger partial charge in [0.05, 0.1) is 5.57 Å². The number of carboxylic acids is 2. The van der Waals surface area contributed by atoms with E-state index in [-0.39, 0.29) is 11.1 Å². The maximum absolute atomic E-state index is 11.1. The Kier molecular flexibility index (Phi) is 3.17. The lowest BCUT2D eigenvalue weighted by Crippen LogP contribution is -2.24. The molecule has 0 aromatic heterocycles. The zero-order chi connectivity index (χ0) is 11.6. The molecular formula is C11H16O4. The molecule has 1 aliphatic carbocycles. The van der Waals surface area contributed by atoms with Crippen LogP contribution in [0.5, 0.6) is 0 Å². The van der Waals surface area contributed by atoms with E-state index in [0.717, 1.165) is 25.7 Å². The summed E-state index contributed by atoms with van der Waals surface area (Å²) in [5.41, 5.74) is -0.423. The van der Waals surface area contributed by atoms with Gasteiger partial charge in [-0.3, -0.25) is 0 Å². The fourth-order valence-corrected chi connectivity index (χ4v) is 2.38. The Morgan fingerprint density at radius 3 is 1.87 bits per heavy atom. The first-order valence-electron chi connectivity index (χ1n) is 5.06. The predicted molar refractivity (Wildman–Crippen MR) is 54.5 cm³/mol. The first-order valence-corrected chi connectivity index (χ1v) is 5.06. The molecule has 2 N–H and O–H groups in total. The lowest BCUT2D eigenvalue weighted by atomic mass is 9.78. The molecule has 0 saturated heterocycles. The zero-order valence-electron chi connectivity index (χ0n) is 9.04. The van der Waals surface area contributed by atoms with E-state index >= 15 is 0 Å². The topological polar surface area (TPSA) is 74.6 Å². The molecule has 0 aromatic carbocycles. The second-order valence-corrected chi connectivity index (χ2v) is 4.38. The minimum Gasteiger partial charge on any atom is -0.478 e. The van der Waals surface area contributed by atoms with E-state index in [0.29, 0.717) is 0 Å². The predicted octanol–water partition coefficient (Wildman–Crippen LogP) is 2.05. The van der Waals surface area contributed by atoms with Crippen molar-refractivity contribution in [3.8, 4) is 0 Å². The summed E-state index contributed by atoms with van der Waals surface area (Å²) in [6.07, 6.45) is 3.47. The molecule has 84 valence electrons. The summed E-state index contributed by atoms with van der Waals surface area (Å²) in [6.45, 7) is 3.21. The number of carboxylic acid groups (broad SMARTS) is 2. The second-order valence-electron chi connectivity index (χ2n) is 4.38. The second kappa shape index (κ2) is 4.04. The van der Waals surface area contributed by atoms with Crippen LogP contribution in [0.2, 0.25) is 0 Å². The van der Waals surface area contributed by atoms with Crippen LogP contribution in [0.4, 0.5) is 0 Å². The minimum atomic E-state index is -1.14. The van der Waals surface area contributed by atoms with Crippen molar-refractivity contribution in [2.24, 2.45) is 5.41 Å². The van der Waals surface area contributed by atoms with Gasteiger partial charge in [-0.2, -0.15) is 0 Å². The summed E-state index contributed by atoms with van der Waals surface area (Å²) in [5, 5.41) is 18.0. The molecule has 1 saturated carbocycles. The standard InChI is InChI=1S/C11H16O4/c1-7(9(12)13)8(10(14)15)11(2)5-3-4-6-11/h3-6H2,1-2H3,(H,12,13)(H,14,15)/b8-7+. The number of carbonyl (C=O) groups is 2. The third-order valence-electron chi connectivity index (χ3n) is 3.22. The Bertz CT molecular complexity index is 321. The van der Waals surface area contributed by atoms with Gasteiger partial charge in [-0.25, -0.2) is 9.59 Å². The molecule has 0 amide bonds. The first-order chi connectivity index (χ1) is 6.88. The Balaban J connectivity index is 3.18. The van der Waals surface area contributed by atoms with Crippen LogP contribution in [0.25, 0.3) is 0 Å². The van der Waals surface area contributed by atoms with E-state index < -0.39 is 17.4 Å². The minimum absolute atomic E-state index is 0.0353. The monoisotopic (exact) mass is 212 g/mol. The average molecular weight is 212 g/mol. The van der Waals surface area contributed by atoms with Gasteiger partial charge >= 0.3 is 11.9 Å². The van der Waals surface area contributed by atoms with Crippen molar-refractivity contribution in [3.05, 3.63) is 11.1 Å². The molecule has 4 nitrogen and oxygen atoms in total. The van der Waals surface area contributed by atoms with Gasteiger partial charge in [-0.15, -0.1) is 0 Å². The molecule has 1 rings (SSSR count). The summed E-state index contributed by atoms with van der Waals surface area (Å²) in [4.78, 5) is 21.9. The maximum atomic E-state index is 11.1. The number of hydrogen-bond acceptors (Lipinski definition) is 2. The molecule has 0 bridgehead atoms. The van der Waals surface area contributed by atoms with Gasteiger partial charge in [0.2, 0.25) is 0 Å². The molecule has 0 heterocycles. The third kappa shape index (κ3) is 2.19. The first kappa shape index (κ1) is 11.8. The lowest BCUT2D eigenvalue weighted by Gasteiger charge is -2.25. The normalized spacial score (nSPS) is 20.9. The van der Waals surface area contributed by atoms with Gasteiger partial charge in [0.15, 0.2) is 0 Å². The van der Waals surface area contributed by atoms with Crippen LogP contribution in [0.3, 0.4) is 0 Å². The smallest absolute Gasteiger partial charge is 0.332 e. The highest BCUT2D eigenvalue weighted by molar-refractivity contribution is 5.99. The van der Waals surface area contributed by atoms with Crippen molar-refractivity contribution in [3.63, 3.8) is 0 Å².